The number of halogens is 2. The molecule has 4 heteroatoms. The van der Waals surface area contributed by atoms with Crippen molar-refractivity contribution in [2.24, 2.45) is 0 Å². The van der Waals surface area contributed by atoms with Crippen molar-refractivity contribution in [3.8, 4) is 0 Å². The van der Waals surface area contributed by atoms with Crippen molar-refractivity contribution in [3.63, 3.8) is 0 Å². The molecule has 2 nitrogen and oxygen atoms in total. The van der Waals surface area contributed by atoms with Crippen LogP contribution in [0.15, 0.2) is 36.7 Å². The van der Waals surface area contributed by atoms with E-state index in [9.17, 15) is 8.78 Å². The smallest absolute Gasteiger partial charge is 0.133 e. The second-order valence-corrected chi connectivity index (χ2v) is 3.17. The normalized spacial score (nSPS) is 10.9. The van der Waals surface area contributed by atoms with Gasteiger partial charge in [0.05, 0.1) is 12.4 Å². The third-order valence-corrected chi connectivity index (χ3v) is 2.02. The molecule has 0 radical (unpaired) electrons. The Balaban J connectivity index is 2.24. The number of rotatable bonds is 2. The molecule has 2 rings (SSSR count). The number of aromatic nitrogens is 2. The summed E-state index contributed by atoms with van der Waals surface area (Å²) in [6.07, 6.45) is 6.34. The molecule has 0 aliphatic rings. The molecule has 0 aliphatic heterocycles. The SMILES string of the molecule is Fc1ccc(/C=C/c2ccnnc2)c(F)c1. The van der Waals surface area contributed by atoms with Gasteiger partial charge >= 0.3 is 0 Å². The fourth-order valence-corrected chi connectivity index (χ4v) is 1.22. The maximum absolute atomic E-state index is 13.2. The minimum atomic E-state index is -0.585. The van der Waals surface area contributed by atoms with Gasteiger partial charge in [-0.2, -0.15) is 10.2 Å². The van der Waals surface area contributed by atoms with E-state index in [1.807, 2.05) is 0 Å². The lowest BCUT2D eigenvalue weighted by Gasteiger charge is -1.96. The average Bonchev–Trinajstić information content (AvgIpc) is 2.29. The van der Waals surface area contributed by atoms with Gasteiger partial charge in [-0.05, 0) is 23.8 Å². The molecule has 0 saturated heterocycles. The van der Waals surface area contributed by atoms with Crippen LogP contribution < -0.4 is 0 Å². The van der Waals surface area contributed by atoms with Gasteiger partial charge in [-0.25, -0.2) is 8.78 Å². The Kier molecular flexibility index (Phi) is 3.00. The van der Waals surface area contributed by atoms with Gasteiger partial charge in [-0.3, -0.25) is 0 Å². The van der Waals surface area contributed by atoms with Gasteiger partial charge in [0.15, 0.2) is 0 Å². The van der Waals surface area contributed by atoms with E-state index in [-0.39, 0.29) is 0 Å². The van der Waals surface area contributed by atoms with E-state index in [4.69, 9.17) is 0 Å². The third kappa shape index (κ3) is 2.48. The lowest BCUT2D eigenvalue weighted by atomic mass is 10.1. The Morgan fingerprint density at radius 1 is 1.00 bits per heavy atom. The van der Waals surface area contributed by atoms with E-state index in [2.05, 4.69) is 10.2 Å². The van der Waals surface area contributed by atoms with Crippen LogP contribution >= 0.6 is 0 Å². The third-order valence-electron chi connectivity index (χ3n) is 2.02. The lowest BCUT2D eigenvalue weighted by molar-refractivity contribution is 0.581. The first-order valence-corrected chi connectivity index (χ1v) is 4.65. The highest BCUT2D eigenvalue weighted by atomic mass is 19.1. The minimum Gasteiger partial charge on any atom is -0.207 e. The summed E-state index contributed by atoms with van der Waals surface area (Å²) in [4.78, 5) is 0. The number of hydrogen-bond acceptors (Lipinski definition) is 2. The number of nitrogens with zero attached hydrogens (tertiary/aromatic N) is 2. The van der Waals surface area contributed by atoms with Gasteiger partial charge < -0.3 is 0 Å². The fourth-order valence-electron chi connectivity index (χ4n) is 1.22. The van der Waals surface area contributed by atoms with Crippen LogP contribution in [0.25, 0.3) is 12.2 Å². The molecule has 0 aliphatic carbocycles. The molecular weight excluding hydrogens is 210 g/mol. The second-order valence-electron chi connectivity index (χ2n) is 3.17. The molecule has 0 spiro atoms. The summed E-state index contributed by atoms with van der Waals surface area (Å²) < 4.78 is 25.9. The highest BCUT2D eigenvalue weighted by molar-refractivity contribution is 5.69. The standard InChI is InChI=1S/C12H8F2N2/c13-11-4-3-10(12(14)7-11)2-1-9-5-6-15-16-8-9/h1-8H/b2-1+. The predicted octanol–water partition coefficient (Wildman–Crippen LogP) is 2.93. The molecule has 0 fully saturated rings. The van der Waals surface area contributed by atoms with Gasteiger partial charge in [0.2, 0.25) is 0 Å². The van der Waals surface area contributed by atoms with E-state index >= 15 is 0 Å². The Morgan fingerprint density at radius 3 is 2.56 bits per heavy atom. The second kappa shape index (κ2) is 4.61. The highest BCUT2D eigenvalue weighted by Gasteiger charge is 1.99. The first kappa shape index (κ1) is 10.4. The summed E-state index contributed by atoms with van der Waals surface area (Å²) in [6.45, 7) is 0. The van der Waals surface area contributed by atoms with Crippen molar-refractivity contribution < 1.29 is 8.78 Å². The van der Waals surface area contributed by atoms with E-state index in [0.29, 0.717) is 5.56 Å². The molecule has 0 amide bonds. The van der Waals surface area contributed by atoms with Crippen molar-refractivity contribution >= 4 is 12.2 Å². The molecule has 0 atom stereocenters. The molecule has 2 aromatic rings. The first-order chi connectivity index (χ1) is 7.75. The zero-order valence-electron chi connectivity index (χ0n) is 8.27. The topological polar surface area (TPSA) is 25.8 Å². The molecule has 1 aromatic carbocycles. The zero-order chi connectivity index (χ0) is 11.4. The monoisotopic (exact) mass is 218 g/mol. The Labute approximate surface area is 91.3 Å². The molecule has 16 heavy (non-hydrogen) atoms. The molecular formula is C12H8F2N2. The van der Waals surface area contributed by atoms with Crippen LogP contribution in [-0.4, -0.2) is 10.2 Å². The van der Waals surface area contributed by atoms with Gasteiger partial charge in [0.1, 0.15) is 11.6 Å². The fraction of sp³-hybridized carbons (Fsp3) is 0. The van der Waals surface area contributed by atoms with E-state index in [1.54, 1.807) is 30.6 Å². The van der Waals surface area contributed by atoms with E-state index in [0.717, 1.165) is 11.6 Å². The van der Waals surface area contributed by atoms with Gasteiger partial charge in [-0.1, -0.05) is 12.2 Å². The number of hydrogen-bond donors (Lipinski definition) is 0. The van der Waals surface area contributed by atoms with Crippen molar-refractivity contribution in [2.45, 2.75) is 0 Å². The average molecular weight is 218 g/mol. The van der Waals surface area contributed by atoms with Crippen LogP contribution in [0.2, 0.25) is 0 Å². The van der Waals surface area contributed by atoms with Crippen molar-refractivity contribution in [3.05, 3.63) is 59.4 Å². The van der Waals surface area contributed by atoms with Crippen LogP contribution in [0, 0.1) is 11.6 Å². The molecule has 0 N–H and O–H groups in total. The lowest BCUT2D eigenvalue weighted by Crippen LogP contribution is -1.84. The van der Waals surface area contributed by atoms with Crippen LogP contribution in [0.5, 0.6) is 0 Å². The van der Waals surface area contributed by atoms with Crippen molar-refractivity contribution in [1.82, 2.24) is 10.2 Å². The van der Waals surface area contributed by atoms with Crippen LogP contribution in [0.3, 0.4) is 0 Å². The van der Waals surface area contributed by atoms with Crippen LogP contribution in [0.1, 0.15) is 11.1 Å². The van der Waals surface area contributed by atoms with Crippen LogP contribution in [0.4, 0.5) is 8.78 Å². The zero-order valence-corrected chi connectivity index (χ0v) is 8.27. The molecule has 0 unspecified atom stereocenters. The maximum atomic E-state index is 13.2. The highest BCUT2D eigenvalue weighted by Crippen LogP contribution is 2.12. The van der Waals surface area contributed by atoms with E-state index < -0.39 is 11.6 Å². The van der Waals surface area contributed by atoms with Crippen molar-refractivity contribution in [1.29, 1.82) is 0 Å². The maximum Gasteiger partial charge on any atom is 0.133 e. The van der Waals surface area contributed by atoms with Crippen LogP contribution in [-0.2, 0) is 0 Å². The summed E-state index contributed by atoms with van der Waals surface area (Å²) in [6, 6.07) is 5.19. The van der Waals surface area contributed by atoms with Gasteiger partial charge in [-0.15, -0.1) is 0 Å². The first-order valence-electron chi connectivity index (χ1n) is 4.65. The summed E-state index contributed by atoms with van der Waals surface area (Å²) in [5.41, 5.74) is 1.14. The molecule has 0 bridgehead atoms. The van der Waals surface area contributed by atoms with Gasteiger partial charge in [0.25, 0.3) is 0 Å². The van der Waals surface area contributed by atoms with Gasteiger partial charge in [0, 0.05) is 11.6 Å². The largest absolute Gasteiger partial charge is 0.207 e. The Hall–Kier alpha value is -2.10. The minimum absolute atomic E-state index is 0.332. The van der Waals surface area contributed by atoms with E-state index in [1.165, 1.54) is 12.1 Å². The summed E-state index contributed by atoms with van der Waals surface area (Å²) >= 11 is 0. The molecule has 80 valence electrons. The van der Waals surface area contributed by atoms with Crippen molar-refractivity contribution in [2.75, 3.05) is 0 Å². The quantitative estimate of drug-likeness (QED) is 0.774. The predicted molar refractivity (Wildman–Crippen MR) is 57.3 cm³/mol. The Morgan fingerprint density at radius 2 is 1.88 bits per heavy atom. The molecule has 0 saturated carbocycles. The summed E-state index contributed by atoms with van der Waals surface area (Å²) in [5, 5.41) is 7.30. The number of benzene rings is 1. The summed E-state index contributed by atoms with van der Waals surface area (Å²) in [7, 11) is 0. The summed E-state index contributed by atoms with van der Waals surface area (Å²) in [5.74, 6) is -1.17. The Bertz CT molecular complexity index is 510. The molecule has 1 aromatic heterocycles. The molecule has 1 heterocycles.